The number of hydrogen-bond donors (Lipinski definition) is 1. The van der Waals surface area contributed by atoms with Crippen molar-refractivity contribution in [3.05, 3.63) is 65.7 Å². The lowest BCUT2D eigenvalue weighted by molar-refractivity contribution is -0.126. The number of anilines is 1. The van der Waals surface area contributed by atoms with Crippen molar-refractivity contribution in [3.8, 4) is 0 Å². The zero-order valence-electron chi connectivity index (χ0n) is 12.2. The Morgan fingerprint density at radius 2 is 1.73 bits per heavy atom. The third-order valence-electron chi connectivity index (χ3n) is 3.54. The molecule has 22 heavy (non-hydrogen) atoms. The molecule has 1 N–H and O–H groups in total. The Morgan fingerprint density at radius 1 is 1.05 bits per heavy atom. The van der Waals surface area contributed by atoms with Crippen LogP contribution in [0.5, 0.6) is 0 Å². The van der Waals surface area contributed by atoms with Gasteiger partial charge in [0.1, 0.15) is 0 Å². The Morgan fingerprint density at radius 3 is 2.45 bits per heavy atom. The van der Waals surface area contributed by atoms with Gasteiger partial charge in [0.15, 0.2) is 5.37 Å². The highest BCUT2D eigenvalue weighted by Crippen LogP contribution is 2.30. The third-order valence-corrected chi connectivity index (χ3v) is 4.52. The molecule has 1 heterocycles. The minimum absolute atomic E-state index is 0.192. The topological polar surface area (TPSA) is 49.4 Å². The SMILES string of the molecule is Cc1ccccc1N[C@@H]1SC(=O)N(Cc2ccccc2)C1=O. The molecule has 2 amide bonds. The summed E-state index contributed by atoms with van der Waals surface area (Å²) in [4.78, 5) is 25.9. The van der Waals surface area contributed by atoms with Crippen molar-refractivity contribution >= 4 is 28.6 Å². The fraction of sp³-hybridized carbons (Fsp3) is 0.176. The van der Waals surface area contributed by atoms with Gasteiger partial charge in [-0.15, -0.1) is 0 Å². The monoisotopic (exact) mass is 312 g/mol. The van der Waals surface area contributed by atoms with E-state index in [4.69, 9.17) is 0 Å². The van der Waals surface area contributed by atoms with Gasteiger partial charge in [0.25, 0.3) is 11.1 Å². The average Bonchev–Trinajstić information content (AvgIpc) is 2.78. The minimum atomic E-state index is -0.558. The molecule has 1 atom stereocenters. The highest BCUT2D eigenvalue weighted by Gasteiger charge is 2.39. The molecular weight excluding hydrogens is 296 g/mol. The number of nitrogens with zero attached hydrogens (tertiary/aromatic N) is 1. The van der Waals surface area contributed by atoms with Crippen LogP contribution < -0.4 is 5.32 Å². The van der Waals surface area contributed by atoms with E-state index in [1.54, 1.807) is 0 Å². The molecule has 1 aliphatic rings. The zero-order chi connectivity index (χ0) is 15.5. The van der Waals surface area contributed by atoms with Crippen molar-refractivity contribution in [1.82, 2.24) is 4.90 Å². The zero-order valence-corrected chi connectivity index (χ0v) is 13.0. The van der Waals surface area contributed by atoms with Gasteiger partial charge in [-0.25, -0.2) is 0 Å². The molecule has 1 aliphatic heterocycles. The molecule has 3 rings (SSSR count). The van der Waals surface area contributed by atoms with E-state index < -0.39 is 5.37 Å². The summed E-state index contributed by atoms with van der Waals surface area (Å²) in [5.74, 6) is -0.192. The number of rotatable bonds is 4. The molecule has 0 saturated carbocycles. The summed E-state index contributed by atoms with van der Waals surface area (Å²) in [6.07, 6.45) is 0. The Labute approximate surface area is 133 Å². The van der Waals surface area contributed by atoms with Crippen LogP contribution in [0.4, 0.5) is 10.5 Å². The van der Waals surface area contributed by atoms with E-state index in [9.17, 15) is 9.59 Å². The van der Waals surface area contributed by atoms with E-state index in [0.717, 1.165) is 28.6 Å². The molecule has 2 aromatic rings. The van der Waals surface area contributed by atoms with Crippen molar-refractivity contribution in [2.75, 3.05) is 5.32 Å². The molecule has 1 fully saturated rings. The second kappa shape index (κ2) is 6.23. The van der Waals surface area contributed by atoms with Gasteiger partial charge < -0.3 is 5.32 Å². The Hall–Kier alpha value is -2.27. The third kappa shape index (κ3) is 2.99. The van der Waals surface area contributed by atoms with Crippen molar-refractivity contribution in [3.63, 3.8) is 0 Å². The summed E-state index contributed by atoms with van der Waals surface area (Å²) < 4.78 is 0. The first kappa shape index (κ1) is 14.7. The van der Waals surface area contributed by atoms with Crippen molar-refractivity contribution in [2.24, 2.45) is 0 Å². The number of imide groups is 1. The molecule has 112 valence electrons. The van der Waals surface area contributed by atoms with Gasteiger partial charge in [0.05, 0.1) is 6.54 Å². The number of hydrogen-bond acceptors (Lipinski definition) is 4. The van der Waals surface area contributed by atoms with Crippen LogP contribution in [0.3, 0.4) is 0 Å². The van der Waals surface area contributed by atoms with Crippen molar-refractivity contribution < 1.29 is 9.59 Å². The number of carbonyl (C=O) groups excluding carboxylic acids is 2. The molecule has 0 spiro atoms. The van der Waals surface area contributed by atoms with Gasteiger partial charge in [-0.05, 0) is 35.9 Å². The maximum absolute atomic E-state index is 12.5. The number of amides is 2. The maximum atomic E-state index is 12.5. The van der Waals surface area contributed by atoms with E-state index in [0.29, 0.717) is 6.54 Å². The quantitative estimate of drug-likeness (QED) is 0.936. The molecule has 0 unspecified atom stereocenters. The Bertz CT molecular complexity index is 703. The van der Waals surface area contributed by atoms with Crippen LogP contribution in [0.25, 0.3) is 0 Å². The highest BCUT2D eigenvalue weighted by atomic mass is 32.2. The Kier molecular flexibility index (Phi) is 4.15. The number of benzene rings is 2. The van der Waals surface area contributed by atoms with E-state index in [2.05, 4.69) is 5.32 Å². The summed E-state index contributed by atoms with van der Waals surface area (Å²) in [6, 6.07) is 17.3. The van der Waals surface area contributed by atoms with Gasteiger partial charge in [-0.3, -0.25) is 14.5 Å². The largest absolute Gasteiger partial charge is 0.365 e. The van der Waals surface area contributed by atoms with Gasteiger partial charge >= 0.3 is 0 Å². The normalized spacial score (nSPS) is 17.9. The van der Waals surface area contributed by atoms with E-state index in [1.807, 2.05) is 61.5 Å². The molecule has 4 nitrogen and oxygen atoms in total. The van der Waals surface area contributed by atoms with E-state index in [-0.39, 0.29) is 11.1 Å². The maximum Gasteiger partial charge on any atom is 0.291 e. The number of aryl methyl sites for hydroxylation is 1. The summed E-state index contributed by atoms with van der Waals surface area (Å²) in [6.45, 7) is 2.29. The first-order chi connectivity index (χ1) is 10.6. The molecule has 0 aromatic heterocycles. The van der Waals surface area contributed by atoms with Crippen LogP contribution in [-0.4, -0.2) is 21.4 Å². The predicted molar refractivity (Wildman–Crippen MR) is 88.6 cm³/mol. The Balaban J connectivity index is 1.73. The first-order valence-electron chi connectivity index (χ1n) is 7.03. The van der Waals surface area contributed by atoms with Crippen LogP contribution in [0.15, 0.2) is 54.6 Å². The summed E-state index contributed by atoms with van der Waals surface area (Å²) >= 11 is 1.03. The van der Waals surface area contributed by atoms with E-state index >= 15 is 0 Å². The second-order valence-corrected chi connectivity index (χ2v) is 6.19. The van der Waals surface area contributed by atoms with Crippen LogP contribution in [0.2, 0.25) is 0 Å². The number of nitrogens with one attached hydrogen (secondary N) is 1. The first-order valence-corrected chi connectivity index (χ1v) is 7.91. The lowest BCUT2D eigenvalue weighted by Gasteiger charge is -2.15. The fourth-order valence-electron chi connectivity index (χ4n) is 2.32. The second-order valence-electron chi connectivity index (χ2n) is 5.13. The molecule has 0 bridgehead atoms. The van der Waals surface area contributed by atoms with Crippen molar-refractivity contribution in [1.29, 1.82) is 0 Å². The lowest BCUT2D eigenvalue weighted by atomic mass is 10.2. The summed E-state index contributed by atoms with van der Waals surface area (Å²) in [7, 11) is 0. The molecule has 0 aliphatic carbocycles. The average molecular weight is 312 g/mol. The van der Waals surface area contributed by atoms with Gasteiger partial charge in [0, 0.05) is 5.69 Å². The van der Waals surface area contributed by atoms with E-state index in [1.165, 1.54) is 4.90 Å². The molecular formula is C17H16N2O2S. The van der Waals surface area contributed by atoms with Crippen LogP contribution in [0.1, 0.15) is 11.1 Å². The summed E-state index contributed by atoms with van der Waals surface area (Å²) in [5.41, 5.74) is 2.87. The molecule has 1 saturated heterocycles. The lowest BCUT2D eigenvalue weighted by Crippen LogP contribution is -2.34. The molecule has 2 aromatic carbocycles. The number of para-hydroxylation sites is 1. The van der Waals surface area contributed by atoms with Crippen LogP contribution >= 0.6 is 11.8 Å². The minimum Gasteiger partial charge on any atom is -0.365 e. The van der Waals surface area contributed by atoms with Crippen molar-refractivity contribution in [2.45, 2.75) is 18.8 Å². The van der Waals surface area contributed by atoms with Crippen LogP contribution in [0, 0.1) is 6.92 Å². The standard InChI is InChI=1S/C17H16N2O2S/c1-12-7-5-6-10-14(12)18-15-16(20)19(17(21)22-15)11-13-8-3-2-4-9-13/h2-10,15,18H,11H2,1H3/t15-/m1/s1. The van der Waals surface area contributed by atoms with Gasteiger partial charge in [0.2, 0.25) is 0 Å². The van der Waals surface area contributed by atoms with Gasteiger partial charge in [-0.2, -0.15) is 0 Å². The fourth-order valence-corrected chi connectivity index (χ4v) is 3.22. The highest BCUT2D eigenvalue weighted by molar-refractivity contribution is 8.15. The van der Waals surface area contributed by atoms with Crippen LogP contribution in [-0.2, 0) is 11.3 Å². The molecule has 0 radical (unpaired) electrons. The number of carbonyl (C=O) groups is 2. The van der Waals surface area contributed by atoms with Gasteiger partial charge in [-0.1, -0.05) is 48.5 Å². The number of thioether (sulfide) groups is 1. The predicted octanol–water partition coefficient (Wildman–Crippen LogP) is 3.63. The summed E-state index contributed by atoms with van der Waals surface area (Å²) in [5, 5.41) is 2.39. The smallest absolute Gasteiger partial charge is 0.291 e. The molecule has 5 heteroatoms.